The molecule has 2 rings (SSSR count). The van der Waals surface area contributed by atoms with Crippen molar-refractivity contribution in [3.8, 4) is 0 Å². The first-order chi connectivity index (χ1) is 8.00. The molecule has 0 unspecified atom stereocenters. The molecule has 114 valence electrons. The molecule has 3 heteroatoms. The van der Waals surface area contributed by atoms with Crippen molar-refractivity contribution in [2.24, 2.45) is 0 Å². The summed E-state index contributed by atoms with van der Waals surface area (Å²) in [7, 11) is 0. The van der Waals surface area contributed by atoms with Crippen LogP contribution in [0.4, 0.5) is 0 Å². The van der Waals surface area contributed by atoms with Crippen LogP contribution in [-0.4, -0.2) is 5.48 Å². The van der Waals surface area contributed by atoms with Crippen LogP contribution in [0.1, 0.15) is 13.8 Å². The van der Waals surface area contributed by atoms with Crippen LogP contribution in [0, 0.1) is 40.8 Å². The summed E-state index contributed by atoms with van der Waals surface area (Å²) in [5.74, 6) is 0. The van der Waals surface area contributed by atoms with Gasteiger partial charge in [0.1, 0.15) is 0 Å². The van der Waals surface area contributed by atoms with E-state index < -0.39 is 0 Å². The van der Waals surface area contributed by atoms with Crippen molar-refractivity contribution in [3.63, 3.8) is 0 Å². The molecule has 1 nitrogen and oxygen atoms in total. The second-order valence-corrected chi connectivity index (χ2v) is 2.15. The second kappa shape index (κ2) is 50.2. The number of hydrogen-bond acceptors (Lipinski definition) is 0. The van der Waals surface area contributed by atoms with E-state index in [9.17, 15) is 0 Å². The second-order valence-electron chi connectivity index (χ2n) is 2.15. The first kappa shape index (κ1) is 42.8. The van der Waals surface area contributed by atoms with Crippen molar-refractivity contribution in [3.05, 3.63) is 101 Å². The SMILES string of the molecule is O.[CH2-]C.[CH2-]C.[CH3-].[CH3-].[Ti+3].[Ti+3].[c-]1ccccc1.[c-]1ccccc1. The van der Waals surface area contributed by atoms with Crippen LogP contribution in [0.5, 0.6) is 0 Å². The number of benzene rings is 2. The van der Waals surface area contributed by atoms with Gasteiger partial charge in [0.15, 0.2) is 0 Å². The van der Waals surface area contributed by atoms with E-state index in [1.54, 1.807) is 13.8 Å². The van der Waals surface area contributed by atoms with E-state index >= 15 is 0 Å². The number of rotatable bonds is 0. The average molecular weight is 356 g/mol. The van der Waals surface area contributed by atoms with Crippen LogP contribution in [0.15, 0.2) is 60.7 Å². The van der Waals surface area contributed by atoms with Gasteiger partial charge in [0.05, 0.1) is 0 Å². The quantitative estimate of drug-likeness (QED) is 0.483. The molecule has 0 saturated heterocycles. The summed E-state index contributed by atoms with van der Waals surface area (Å²) >= 11 is 0. The van der Waals surface area contributed by atoms with Crippen molar-refractivity contribution in [2.75, 3.05) is 0 Å². The van der Waals surface area contributed by atoms with E-state index in [0.717, 1.165) is 0 Å². The van der Waals surface area contributed by atoms with Gasteiger partial charge in [0.25, 0.3) is 0 Å². The Morgan fingerprint density at radius 3 is 0.762 bits per heavy atom. The molecule has 0 bridgehead atoms. The van der Waals surface area contributed by atoms with E-state index in [2.05, 4.69) is 26.0 Å². The Labute approximate surface area is 163 Å². The fraction of sp³-hybridized carbons (Fsp3) is 0.111. The topological polar surface area (TPSA) is 31.5 Å². The minimum atomic E-state index is 0. The fourth-order valence-electron chi connectivity index (χ4n) is 0.684. The van der Waals surface area contributed by atoms with E-state index in [4.69, 9.17) is 0 Å². The van der Waals surface area contributed by atoms with Crippen molar-refractivity contribution in [2.45, 2.75) is 13.8 Å². The van der Waals surface area contributed by atoms with Crippen LogP contribution in [-0.2, 0) is 43.4 Å². The van der Waals surface area contributed by atoms with Gasteiger partial charge in [-0.25, -0.2) is 0 Å². The molecule has 0 atom stereocenters. The summed E-state index contributed by atoms with van der Waals surface area (Å²) in [6.45, 7) is 10.0. The monoisotopic (exact) mass is 356 g/mol. The van der Waals surface area contributed by atoms with E-state index in [1.165, 1.54) is 0 Å². The molecule has 21 heavy (non-hydrogen) atoms. The van der Waals surface area contributed by atoms with Gasteiger partial charge < -0.3 is 34.2 Å². The maximum Gasteiger partial charge on any atom is 3.00 e. The van der Waals surface area contributed by atoms with Crippen LogP contribution >= 0.6 is 0 Å². The molecule has 2 N–H and O–H groups in total. The van der Waals surface area contributed by atoms with Crippen molar-refractivity contribution >= 4 is 0 Å². The molecule has 0 amide bonds. The van der Waals surface area contributed by atoms with Crippen LogP contribution < -0.4 is 0 Å². The van der Waals surface area contributed by atoms with Gasteiger partial charge in [-0.3, -0.25) is 0 Å². The standard InChI is InChI=1S/2C6H5.2C2H5.2CH3.H2O.2Ti/c2*1-2-4-6-5-3-1;2*1-2;;;;;/h2*1-5H;2*1H2,2H3;2*1H3;1H2;;/q6*-1;;2*+3. The molecule has 0 fully saturated rings. The van der Waals surface area contributed by atoms with Crippen molar-refractivity contribution in [1.82, 2.24) is 0 Å². The predicted octanol–water partition coefficient (Wildman–Crippen LogP) is 4.73. The van der Waals surface area contributed by atoms with Crippen LogP contribution in [0.25, 0.3) is 0 Å². The van der Waals surface area contributed by atoms with Gasteiger partial charge in [-0.2, -0.15) is 86.6 Å². The van der Waals surface area contributed by atoms with Crippen molar-refractivity contribution in [1.29, 1.82) is 0 Å². The van der Waals surface area contributed by atoms with Gasteiger partial charge in [-0.15, -0.1) is 0 Å². The Morgan fingerprint density at radius 2 is 0.714 bits per heavy atom. The molecule has 0 heterocycles. The largest absolute Gasteiger partial charge is 3.00 e. The van der Waals surface area contributed by atoms with Gasteiger partial charge in [-0.05, 0) is 0 Å². The minimum absolute atomic E-state index is 0. The van der Waals surface area contributed by atoms with E-state index in [-0.39, 0.29) is 63.8 Å². The number of hydrogen-bond donors (Lipinski definition) is 0. The molecule has 0 aliphatic heterocycles. The Hall–Kier alpha value is -0.171. The average Bonchev–Trinajstić information content (AvgIpc) is 2.48. The zero-order valence-electron chi connectivity index (χ0n) is 13.7. The third kappa shape index (κ3) is 45.0. The zero-order chi connectivity index (χ0) is 12.5. The smallest absolute Gasteiger partial charge is 0.412 e. The fourth-order valence-corrected chi connectivity index (χ4v) is 0.684. The molecule has 0 aromatic heterocycles. The van der Waals surface area contributed by atoms with Gasteiger partial charge in [0.2, 0.25) is 0 Å². The Kier molecular flexibility index (Phi) is 102. The molecule has 2 aromatic rings. The summed E-state index contributed by atoms with van der Waals surface area (Å²) in [5, 5.41) is 0. The molecule has 0 spiro atoms. The first-order valence-electron chi connectivity index (χ1n) is 5.24. The summed E-state index contributed by atoms with van der Waals surface area (Å²) < 4.78 is 0. The van der Waals surface area contributed by atoms with Crippen molar-refractivity contribution < 1.29 is 48.9 Å². The first-order valence-corrected chi connectivity index (χ1v) is 5.24. The summed E-state index contributed by atoms with van der Waals surface area (Å²) in [6.07, 6.45) is 0. The molecule has 2 radical (unpaired) electrons. The molecule has 2 aromatic carbocycles. The normalized spacial score (nSPS) is 5.14. The van der Waals surface area contributed by atoms with Gasteiger partial charge in [0, 0.05) is 0 Å². The summed E-state index contributed by atoms with van der Waals surface area (Å²) in [6, 6.07) is 25.0. The Balaban J connectivity index is -0.0000000253. The summed E-state index contributed by atoms with van der Waals surface area (Å²) in [4.78, 5) is 0. The Bertz CT molecular complexity index is 191. The molecular weight excluding hydrogens is 328 g/mol. The summed E-state index contributed by atoms with van der Waals surface area (Å²) in [5.41, 5.74) is 0. The van der Waals surface area contributed by atoms with E-state index in [0.29, 0.717) is 0 Å². The van der Waals surface area contributed by atoms with Gasteiger partial charge in [-0.1, -0.05) is 0 Å². The van der Waals surface area contributed by atoms with Crippen LogP contribution in [0.2, 0.25) is 0 Å². The third-order valence-corrected chi connectivity index (χ3v) is 1.21. The third-order valence-electron chi connectivity index (χ3n) is 1.21. The maximum absolute atomic E-state index is 3.25. The maximum atomic E-state index is 3.25. The minimum Gasteiger partial charge on any atom is -0.412 e. The molecule has 0 aliphatic carbocycles. The molecule has 0 aliphatic rings. The van der Waals surface area contributed by atoms with E-state index in [1.807, 2.05) is 60.7 Å². The zero-order valence-corrected chi connectivity index (χ0v) is 16.8. The molecule has 0 saturated carbocycles. The van der Waals surface area contributed by atoms with Crippen LogP contribution in [0.3, 0.4) is 0 Å². The Morgan fingerprint density at radius 1 is 0.524 bits per heavy atom. The van der Waals surface area contributed by atoms with Gasteiger partial charge >= 0.3 is 43.4 Å². The molecular formula is C18H28OTi2. The predicted molar refractivity (Wildman–Crippen MR) is 89.1 cm³/mol.